The van der Waals surface area contributed by atoms with Gasteiger partial charge in [-0.1, -0.05) is 0 Å². The Morgan fingerprint density at radius 2 is 2.11 bits per heavy atom. The molecule has 0 fully saturated rings. The molecule has 18 heavy (non-hydrogen) atoms. The van der Waals surface area contributed by atoms with Gasteiger partial charge in [0.2, 0.25) is 0 Å². The van der Waals surface area contributed by atoms with Crippen LogP contribution in [0.5, 0.6) is 0 Å². The van der Waals surface area contributed by atoms with Crippen molar-refractivity contribution in [3.8, 4) is 0 Å². The van der Waals surface area contributed by atoms with Gasteiger partial charge in [0.1, 0.15) is 11.6 Å². The average molecular weight is 243 g/mol. The van der Waals surface area contributed by atoms with Gasteiger partial charge in [-0.05, 0) is 25.1 Å². The van der Waals surface area contributed by atoms with Crippen molar-refractivity contribution >= 4 is 11.7 Å². The highest BCUT2D eigenvalue weighted by Crippen LogP contribution is 2.03. The third kappa shape index (κ3) is 3.00. The summed E-state index contributed by atoms with van der Waals surface area (Å²) in [5.41, 5.74) is 6.75. The highest BCUT2D eigenvalue weighted by molar-refractivity contribution is 5.94. The second-order valence-corrected chi connectivity index (χ2v) is 3.75. The van der Waals surface area contributed by atoms with Gasteiger partial charge in [0, 0.05) is 18.0 Å². The van der Waals surface area contributed by atoms with Crippen LogP contribution in [0.25, 0.3) is 0 Å². The van der Waals surface area contributed by atoms with E-state index in [-0.39, 0.29) is 5.91 Å². The summed E-state index contributed by atoms with van der Waals surface area (Å²) in [6, 6.07) is 4.89. The Labute approximate surface area is 104 Å². The number of carbonyl (C=O) groups is 1. The summed E-state index contributed by atoms with van der Waals surface area (Å²) in [4.78, 5) is 23.8. The van der Waals surface area contributed by atoms with Crippen molar-refractivity contribution in [1.29, 1.82) is 0 Å². The summed E-state index contributed by atoms with van der Waals surface area (Å²) in [7, 11) is 0. The number of carbonyl (C=O) groups excluding carboxylic acids is 1. The van der Waals surface area contributed by atoms with Gasteiger partial charge >= 0.3 is 0 Å². The molecule has 0 bridgehead atoms. The molecule has 1 amide bonds. The summed E-state index contributed by atoms with van der Waals surface area (Å²) in [6.45, 7) is 2.15. The van der Waals surface area contributed by atoms with E-state index >= 15 is 0 Å². The van der Waals surface area contributed by atoms with Crippen LogP contribution in [-0.2, 0) is 6.54 Å². The molecule has 92 valence electrons. The van der Waals surface area contributed by atoms with E-state index in [0.29, 0.717) is 23.8 Å². The highest BCUT2D eigenvalue weighted by atomic mass is 16.1. The Morgan fingerprint density at radius 3 is 2.83 bits per heavy atom. The first-order valence-corrected chi connectivity index (χ1v) is 5.43. The molecule has 3 N–H and O–H groups in total. The molecule has 0 aliphatic carbocycles. The third-order valence-electron chi connectivity index (χ3n) is 2.31. The Hall–Kier alpha value is -2.50. The monoisotopic (exact) mass is 243 g/mol. The fraction of sp³-hybridized carbons (Fsp3) is 0.167. The molecule has 2 aromatic heterocycles. The summed E-state index contributed by atoms with van der Waals surface area (Å²) in [6.07, 6.45) is 3.16. The number of hydrogen-bond acceptors (Lipinski definition) is 5. The Balaban J connectivity index is 2.00. The summed E-state index contributed by atoms with van der Waals surface area (Å²) < 4.78 is 0. The fourth-order valence-corrected chi connectivity index (χ4v) is 1.47. The van der Waals surface area contributed by atoms with Crippen LogP contribution in [0, 0.1) is 6.92 Å². The summed E-state index contributed by atoms with van der Waals surface area (Å²) >= 11 is 0. The molecule has 6 nitrogen and oxygen atoms in total. The van der Waals surface area contributed by atoms with Crippen LogP contribution in [0.15, 0.2) is 30.6 Å². The number of hydrogen-bond donors (Lipinski definition) is 2. The number of nitrogens with zero attached hydrogens (tertiary/aromatic N) is 3. The Morgan fingerprint density at radius 1 is 1.33 bits per heavy atom. The molecule has 0 saturated carbocycles. The largest absolute Gasteiger partial charge is 0.384 e. The van der Waals surface area contributed by atoms with Gasteiger partial charge in [-0.25, -0.2) is 15.0 Å². The maximum atomic E-state index is 11.8. The first-order valence-electron chi connectivity index (χ1n) is 5.43. The molecule has 2 heterocycles. The quantitative estimate of drug-likeness (QED) is 0.827. The van der Waals surface area contributed by atoms with Crippen molar-refractivity contribution in [3.63, 3.8) is 0 Å². The number of amides is 1. The average Bonchev–Trinajstić information content (AvgIpc) is 2.36. The molecule has 0 atom stereocenters. The lowest BCUT2D eigenvalue weighted by Gasteiger charge is -2.05. The van der Waals surface area contributed by atoms with E-state index in [1.165, 1.54) is 12.3 Å². The van der Waals surface area contributed by atoms with E-state index in [1.54, 1.807) is 25.3 Å². The fourth-order valence-electron chi connectivity index (χ4n) is 1.47. The van der Waals surface area contributed by atoms with E-state index in [4.69, 9.17) is 5.73 Å². The summed E-state index contributed by atoms with van der Waals surface area (Å²) in [5, 5.41) is 2.76. The lowest BCUT2D eigenvalue weighted by Crippen LogP contribution is -2.23. The smallest absolute Gasteiger partial charge is 0.251 e. The molecule has 0 radical (unpaired) electrons. The van der Waals surface area contributed by atoms with Crippen LogP contribution in [0.2, 0.25) is 0 Å². The molecule has 0 aliphatic heterocycles. The SMILES string of the molecule is Cc1nccc(CNC(=O)c2ccnc(N)c2)n1. The molecule has 2 rings (SSSR count). The molecule has 0 aliphatic rings. The molecular weight excluding hydrogens is 230 g/mol. The lowest BCUT2D eigenvalue weighted by atomic mass is 10.2. The third-order valence-corrected chi connectivity index (χ3v) is 2.31. The van der Waals surface area contributed by atoms with Crippen molar-refractivity contribution in [2.24, 2.45) is 0 Å². The number of pyridine rings is 1. The topological polar surface area (TPSA) is 93.8 Å². The van der Waals surface area contributed by atoms with Gasteiger partial charge in [0.25, 0.3) is 5.91 Å². The Kier molecular flexibility index (Phi) is 3.47. The number of nitrogen functional groups attached to an aromatic ring is 1. The standard InChI is InChI=1S/C12H13N5O/c1-8-14-5-3-10(17-8)7-16-12(18)9-2-4-15-11(13)6-9/h2-6H,7H2,1H3,(H2,13,15)(H,16,18). The second-order valence-electron chi connectivity index (χ2n) is 3.75. The van der Waals surface area contributed by atoms with E-state index in [2.05, 4.69) is 20.3 Å². The lowest BCUT2D eigenvalue weighted by molar-refractivity contribution is 0.0950. The second kappa shape index (κ2) is 5.22. The molecule has 6 heteroatoms. The number of anilines is 1. The molecule has 0 saturated heterocycles. The van der Waals surface area contributed by atoms with Crippen LogP contribution in [0.1, 0.15) is 21.9 Å². The van der Waals surface area contributed by atoms with Crippen LogP contribution in [0.3, 0.4) is 0 Å². The predicted octanol–water partition coefficient (Wildman–Crippen LogP) is 0.692. The first-order chi connectivity index (χ1) is 8.65. The van der Waals surface area contributed by atoms with Crippen LogP contribution >= 0.6 is 0 Å². The first kappa shape index (κ1) is 12.0. The van der Waals surface area contributed by atoms with Gasteiger partial charge in [0.15, 0.2) is 0 Å². The highest BCUT2D eigenvalue weighted by Gasteiger charge is 2.06. The number of aryl methyl sites for hydroxylation is 1. The van der Waals surface area contributed by atoms with Gasteiger partial charge < -0.3 is 11.1 Å². The van der Waals surface area contributed by atoms with Crippen molar-refractivity contribution < 1.29 is 4.79 Å². The van der Waals surface area contributed by atoms with E-state index in [1.807, 2.05) is 0 Å². The number of aromatic nitrogens is 3. The van der Waals surface area contributed by atoms with Gasteiger partial charge in [-0.3, -0.25) is 4.79 Å². The maximum absolute atomic E-state index is 11.8. The van der Waals surface area contributed by atoms with Crippen LogP contribution in [-0.4, -0.2) is 20.9 Å². The van der Waals surface area contributed by atoms with Crippen molar-refractivity contribution in [2.75, 3.05) is 5.73 Å². The van der Waals surface area contributed by atoms with Gasteiger partial charge in [0.05, 0.1) is 12.2 Å². The molecule has 2 aromatic rings. The van der Waals surface area contributed by atoms with E-state index < -0.39 is 0 Å². The number of nitrogens with one attached hydrogen (secondary N) is 1. The van der Waals surface area contributed by atoms with Crippen molar-refractivity contribution in [1.82, 2.24) is 20.3 Å². The molecule has 0 spiro atoms. The minimum atomic E-state index is -0.208. The van der Waals surface area contributed by atoms with Crippen molar-refractivity contribution in [3.05, 3.63) is 47.7 Å². The van der Waals surface area contributed by atoms with Crippen LogP contribution < -0.4 is 11.1 Å². The zero-order valence-corrected chi connectivity index (χ0v) is 9.92. The molecule has 0 aromatic carbocycles. The van der Waals surface area contributed by atoms with E-state index in [9.17, 15) is 4.79 Å². The zero-order chi connectivity index (χ0) is 13.0. The van der Waals surface area contributed by atoms with Gasteiger partial charge in [-0.15, -0.1) is 0 Å². The van der Waals surface area contributed by atoms with Gasteiger partial charge in [-0.2, -0.15) is 0 Å². The number of rotatable bonds is 3. The van der Waals surface area contributed by atoms with E-state index in [0.717, 1.165) is 5.69 Å². The van der Waals surface area contributed by atoms with Crippen molar-refractivity contribution in [2.45, 2.75) is 13.5 Å². The minimum absolute atomic E-state index is 0.208. The summed E-state index contributed by atoms with van der Waals surface area (Å²) in [5.74, 6) is 0.788. The maximum Gasteiger partial charge on any atom is 0.251 e. The minimum Gasteiger partial charge on any atom is -0.384 e. The number of nitrogens with two attached hydrogens (primary N) is 1. The normalized spacial score (nSPS) is 10.1. The Bertz CT molecular complexity index is 570. The molecule has 0 unspecified atom stereocenters. The predicted molar refractivity (Wildman–Crippen MR) is 66.6 cm³/mol. The molecular formula is C12H13N5O. The zero-order valence-electron chi connectivity index (χ0n) is 9.92. The van der Waals surface area contributed by atoms with Crippen LogP contribution in [0.4, 0.5) is 5.82 Å².